The van der Waals surface area contributed by atoms with Gasteiger partial charge in [0.05, 0.1) is 5.69 Å². The van der Waals surface area contributed by atoms with Crippen molar-refractivity contribution in [3.8, 4) is 5.69 Å². The van der Waals surface area contributed by atoms with Gasteiger partial charge in [-0.1, -0.05) is 24.6 Å². The Kier molecular flexibility index (Phi) is 4.96. The summed E-state index contributed by atoms with van der Waals surface area (Å²) < 4.78 is 2.22. The lowest BCUT2D eigenvalue weighted by atomic mass is 10.0. The molecule has 2 heterocycles. The fourth-order valence-electron chi connectivity index (χ4n) is 3.96. The summed E-state index contributed by atoms with van der Waals surface area (Å²) in [5.74, 6) is -0.255. The minimum Gasteiger partial charge on any atom is -0.317 e. The minimum absolute atomic E-state index is 0.255. The van der Waals surface area contributed by atoms with E-state index in [1.54, 1.807) is 6.08 Å². The van der Waals surface area contributed by atoms with Crippen LogP contribution < -0.4 is 5.32 Å². The fraction of sp³-hybridized carbons (Fsp3) is 0.364. The number of hydrogen-bond donors (Lipinski definition) is 1. The Bertz CT molecular complexity index is 943. The van der Waals surface area contributed by atoms with E-state index in [9.17, 15) is 9.59 Å². The first-order chi connectivity index (χ1) is 12.7. The molecule has 3 amide bonds. The van der Waals surface area contributed by atoms with Crippen LogP contribution in [0.5, 0.6) is 0 Å². The molecule has 1 fully saturated rings. The van der Waals surface area contributed by atoms with Crippen molar-refractivity contribution in [2.45, 2.75) is 48.0 Å². The third kappa shape index (κ3) is 3.29. The van der Waals surface area contributed by atoms with Crippen LogP contribution in [0, 0.1) is 34.6 Å². The smallest absolute Gasteiger partial charge is 0.317 e. The molecule has 0 saturated carbocycles. The lowest BCUT2D eigenvalue weighted by molar-refractivity contribution is -0.122. The van der Waals surface area contributed by atoms with Crippen LogP contribution in [0.4, 0.5) is 4.79 Å². The Hall–Kier alpha value is -2.82. The number of imide groups is 1. The van der Waals surface area contributed by atoms with Crippen LogP contribution in [0.2, 0.25) is 0 Å². The Balaban J connectivity index is 2.06. The van der Waals surface area contributed by atoms with Gasteiger partial charge in [0.2, 0.25) is 0 Å². The van der Waals surface area contributed by atoms with Crippen LogP contribution in [0.15, 0.2) is 23.9 Å². The highest BCUT2D eigenvalue weighted by Crippen LogP contribution is 2.28. The van der Waals surface area contributed by atoms with Crippen molar-refractivity contribution in [3.63, 3.8) is 0 Å². The average Bonchev–Trinajstić information content (AvgIpc) is 2.99. The summed E-state index contributed by atoms with van der Waals surface area (Å²) in [6.07, 6.45) is 2.53. The van der Waals surface area contributed by atoms with Crippen molar-refractivity contribution in [3.05, 3.63) is 57.5 Å². The molecule has 3 rings (SSSR count). The first kappa shape index (κ1) is 19.0. The maximum Gasteiger partial charge on any atom is 0.329 e. The van der Waals surface area contributed by atoms with Crippen LogP contribution in [0.1, 0.15) is 47.0 Å². The number of carbonyl (C=O) groups is 2. The molecule has 0 bridgehead atoms. The van der Waals surface area contributed by atoms with Gasteiger partial charge in [-0.25, -0.2) is 4.79 Å². The molecule has 1 aliphatic heterocycles. The number of aromatic nitrogens is 1. The average molecular weight is 365 g/mol. The van der Waals surface area contributed by atoms with E-state index < -0.39 is 0 Å². The number of rotatable bonds is 4. The number of urea groups is 1. The van der Waals surface area contributed by atoms with Crippen molar-refractivity contribution in [2.75, 3.05) is 6.54 Å². The molecule has 0 unspecified atom stereocenters. The second-order valence-corrected chi connectivity index (χ2v) is 7.35. The summed E-state index contributed by atoms with van der Waals surface area (Å²) in [5, 5.41) is 2.70. The van der Waals surface area contributed by atoms with E-state index in [0.29, 0.717) is 12.2 Å². The van der Waals surface area contributed by atoms with Crippen LogP contribution in [0.3, 0.4) is 0 Å². The molecule has 5 nitrogen and oxygen atoms in total. The van der Waals surface area contributed by atoms with Crippen molar-refractivity contribution >= 4 is 18.0 Å². The third-order valence-corrected chi connectivity index (χ3v) is 5.04. The zero-order chi connectivity index (χ0) is 19.9. The van der Waals surface area contributed by atoms with Crippen LogP contribution >= 0.6 is 0 Å². The summed E-state index contributed by atoms with van der Waals surface area (Å²) in [4.78, 5) is 25.8. The van der Waals surface area contributed by atoms with Gasteiger partial charge in [-0.05, 0) is 69.9 Å². The third-order valence-electron chi connectivity index (χ3n) is 5.04. The van der Waals surface area contributed by atoms with Gasteiger partial charge in [0, 0.05) is 17.9 Å². The summed E-state index contributed by atoms with van der Waals surface area (Å²) in [7, 11) is 0. The molecule has 1 aliphatic rings. The van der Waals surface area contributed by atoms with E-state index in [1.807, 2.05) is 13.8 Å². The van der Waals surface area contributed by atoms with Gasteiger partial charge < -0.3 is 9.88 Å². The van der Waals surface area contributed by atoms with Gasteiger partial charge in [-0.15, -0.1) is 0 Å². The monoisotopic (exact) mass is 365 g/mol. The number of hydrogen-bond acceptors (Lipinski definition) is 2. The second kappa shape index (κ2) is 7.06. The summed E-state index contributed by atoms with van der Waals surface area (Å²) >= 11 is 0. The summed E-state index contributed by atoms with van der Waals surface area (Å²) in [6, 6.07) is 6.08. The Labute approximate surface area is 160 Å². The van der Waals surface area contributed by atoms with E-state index in [0.717, 1.165) is 23.4 Å². The first-order valence-electron chi connectivity index (χ1n) is 9.36. The van der Waals surface area contributed by atoms with Crippen LogP contribution in [-0.4, -0.2) is 28.0 Å². The van der Waals surface area contributed by atoms with E-state index in [1.165, 1.54) is 27.3 Å². The second-order valence-electron chi connectivity index (χ2n) is 7.35. The standard InChI is InChI=1S/C22H27N3O2/c1-7-8-24-21(26)19(23-22(24)27)12-18-11-16(5)25(17(18)6)20-14(3)9-13(2)10-15(20)4/h9-12H,7-8H2,1-6H3,(H,23,27)/b19-12+. The highest BCUT2D eigenvalue weighted by atomic mass is 16.2. The zero-order valence-corrected chi connectivity index (χ0v) is 16.9. The highest BCUT2D eigenvalue weighted by Gasteiger charge is 2.32. The molecule has 27 heavy (non-hydrogen) atoms. The van der Waals surface area contributed by atoms with E-state index in [-0.39, 0.29) is 11.9 Å². The lowest BCUT2D eigenvalue weighted by Gasteiger charge is -2.17. The molecule has 142 valence electrons. The van der Waals surface area contributed by atoms with E-state index in [4.69, 9.17) is 0 Å². The summed E-state index contributed by atoms with van der Waals surface area (Å²) in [6.45, 7) is 12.8. The maximum atomic E-state index is 12.5. The van der Waals surface area contributed by atoms with Gasteiger partial charge in [0.15, 0.2) is 0 Å². The molecule has 1 aromatic carbocycles. The molecule has 1 aromatic heterocycles. The van der Waals surface area contributed by atoms with Gasteiger partial charge >= 0.3 is 6.03 Å². The number of benzene rings is 1. The fourth-order valence-corrected chi connectivity index (χ4v) is 3.96. The molecule has 0 spiro atoms. The molecule has 1 saturated heterocycles. The molecule has 0 aliphatic carbocycles. The molecular formula is C22H27N3O2. The number of nitrogens with one attached hydrogen (secondary N) is 1. The Morgan fingerprint density at radius 3 is 2.22 bits per heavy atom. The van der Waals surface area contributed by atoms with Crippen molar-refractivity contribution < 1.29 is 9.59 Å². The van der Waals surface area contributed by atoms with Gasteiger partial charge in [0.1, 0.15) is 5.70 Å². The normalized spacial score (nSPS) is 15.8. The molecule has 0 radical (unpaired) electrons. The highest BCUT2D eigenvalue weighted by molar-refractivity contribution is 6.14. The Morgan fingerprint density at radius 1 is 1.00 bits per heavy atom. The van der Waals surface area contributed by atoms with Gasteiger partial charge in [-0.2, -0.15) is 0 Å². The predicted octanol–water partition coefficient (Wildman–Crippen LogP) is 4.32. The lowest BCUT2D eigenvalue weighted by Crippen LogP contribution is -2.31. The van der Waals surface area contributed by atoms with Crippen molar-refractivity contribution in [1.82, 2.24) is 14.8 Å². The number of aryl methyl sites for hydroxylation is 4. The van der Waals surface area contributed by atoms with Crippen LogP contribution in [-0.2, 0) is 4.79 Å². The molecule has 2 aromatic rings. The SMILES string of the molecule is CCCN1C(=O)N/C(=C/c2cc(C)n(-c3c(C)cc(C)cc3C)c2C)C1=O. The van der Waals surface area contributed by atoms with E-state index in [2.05, 4.69) is 55.8 Å². The quantitative estimate of drug-likeness (QED) is 0.648. The van der Waals surface area contributed by atoms with Crippen LogP contribution in [0.25, 0.3) is 11.8 Å². The minimum atomic E-state index is -0.341. The largest absolute Gasteiger partial charge is 0.329 e. The molecular weight excluding hydrogens is 338 g/mol. The molecule has 1 N–H and O–H groups in total. The first-order valence-corrected chi connectivity index (χ1v) is 9.36. The number of carbonyl (C=O) groups excluding carboxylic acids is 2. The maximum absolute atomic E-state index is 12.5. The summed E-state index contributed by atoms with van der Waals surface area (Å²) in [5.41, 5.74) is 8.27. The number of amides is 3. The zero-order valence-electron chi connectivity index (χ0n) is 16.9. The van der Waals surface area contributed by atoms with E-state index >= 15 is 0 Å². The number of nitrogens with zero attached hydrogens (tertiary/aromatic N) is 2. The molecule has 5 heteroatoms. The van der Waals surface area contributed by atoms with Crippen molar-refractivity contribution in [1.29, 1.82) is 0 Å². The molecule has 0 atom stereocenters. The van der Waals surface area contributed by atoms with Gasteiger partial charge in [-0.3, -0.25) is 9.69 Å². The predicted molar refractivity (Wildman–Crippen MR) is 108 cm³/mol. The topological polar surface area (TPSA) is 54.3 Å². The Morgan fingerprint density at radius 2 is 1.63 bits per heavy atom. The van der Waals surface area contributed by atoms with Gasteiger partial charge in [0.25, 0.3) is 5.91 Å². The van der Waals surface area contributed by atoms with Crippen molar-refractivity contribution in [2.24, 2.45) is 0 Å².